The van der Waals surface area contributed by atoms with E-state index in [0.717, 1.165) is 5.56 Å². The summed E-state index contributed by atoms with van der Waals surface area (Å²) < 4.78 is 1.37. The van der Waals surface area contributed by atoms with Crippen molar-refractivity contribution in [3.8, 4) is 0 Å². The van der Waals surface area contributed by atoms with Crippen LogP contribution in [0.4, 0.5) is 0 Å². The SMILES string of the molecule is Cc1ccc(C(C)NC(=O)c2nn(C(C)C)c(=O)c3ccccc23)cc1. The van der Waals surface area contributed by atoms with Gasteiger partial charge in [-0.2, -0.15) is 5.10 Å². The van der Waals surface area contributed by atoms with E-state index in [4.69, 9.17) is 0 Å². The quantitative estimate of drug-likeness (QED) is 0.780. The number of rotatable bonds is 4. The fraction of sp³-hybridized carbons (Fsp3) is 0.286. The Labute approximate surface area is 152 Å². The number of aryl methyl sites for hydroxylation is 1. The molecule has 26 heavy (non-hydrogen) atoms. The first-order valence-electron chi connectivity index (χ1n) is 8.77. The van der Waals surface area contributed by atoms with E-state index in [2.05, 4.69) is 10.4 Å². The lowest BCUT2D eigenvalue weighted by atomic mass is 10.1. The number of hydrogen-bond acceptors (Lipinski definition) is 3. The smallest absolute Gasteiger partial charge is 0.274 e. The number of nitrogens with zero attached hydrogens (tertiary/aromatic N) is 2. The molecule has 1 heterocycles. The average Bonchev–Trinajstić information content (AvgIpc) is 2.62. The molecule has 1 amide bonds. The highest BCUT2D eigenvalue weighted by molar-refractivity contribution is 6.04. The van der Waals surface area contributed by atoms with Gasteiger partial charge in [0.1, 0.15) is 0 Å². The molecule has 3 aromatic rings. The minimum absolute atomic E-state index is 0.131. The molecule has 134 valence electrons. The van der Waals surface area contributed by atoms with Gasteiger partial charge in [0.05, 0.1) is 17.5 Å². The van der Waals surface area contributed by atoms with Gasteiger partial charge in [-0.15, -0.1) is 0 Å². The topological polar surface area (TPSA) is 64.0 Å². The Bertz CT molecular complexity index is 1000. The maximum atomic E-state index is 12.9. The van der Waals surface area contributed by atoms with Crippen molar-refractivity contribution >= 4 is 16.7 Å². The predicted octanol–water partition coefficient (Wildman–Crippen LogP) is 3.78. The molecule has 1 N–H and O–H groups in total. The Morgan fingerprint density at radius 1 is 1.00 bits per heavy atom. The van der Waals surface area contributed by atoms with Crippen LogP contribution in [-0.2, 0) is 0 Å². The van der Waals surface area contributed by atoms with Gasteiger partial charge in [0.15, 0.2) is 5.69 Å². The zero-order valence-electron chi connectivity index (χ0n) is 15.5. The van der Waals surface area contributed by atoms with E-state index >= 15 is 0 Å². The molecule has 0 bridgehead atoms. The Kier molecular flexibility index (Phi) is 4.89. The average molecular weight is 349 g/mol. The first-order valence-corrected chi connectivity index (χ1v) is 8.77. The summed E-state index contributed by atoms with van der Waals surface area (Å²) in [5.41, 5.74) is 2.28. The van der Waals surface area contributed by atoms with Crippen LogP contribution in [0.15, 0.2) is 53.3 Å². The van der Waals surface area contributed by atoms with Crippen LogP contribution in [0.3, 0.4) is 0 Å². The largest absolute Gasteiger partial charge is 0.344 e. The molecule has 0 fully saturated rings. The lowest BCUT2D eigenvalue weighted by Gasteiger charge is -2.17. The second-order valence-corrected chi connectivity index (χ2v) is 6.84. The van der Waals surface area contributed by atoms with Crippen molar-refractivity contribution in [1.29, 1.82) is 0 Å². The Morgan fingerprint density at radius 3 is 2.23 bits per heavy atom. The second-order valence-electron chi connectivity index (χ2n) is 6.84. The molecular weight excluding hydrogens is 326 g/mol. The van der Waals surface area contributed by atoms with E-state index < -0.39 is 0 Å². The first-order chi connectivity index (χ1) is 12.4. The van der Waals surface area contributed by atoms with Crippen molar-refractivity contribution in [1.82, 2.24) is 15.1 Å². The predicted molar refractivity (Wildman–Crippen MR) is 103 cm³/mol. The van der Waals surface area contributed by atoms with Crippen molar-refractivity contribution in [3.05, 3.63) is 75.7 Å². The van der Waals surface area contributed by atoms with Gasteiger partial charge >= 0.3 is 0 Å². The van der Waals surface area contributed by atoms with Gasteiger partial charge in [0, 0.05) is 5.39 Å². The number of aromatic nitrogens is 2. The van der Waals surface area contributed by atoms with E-state index in [-0.39, 0.29) is 29.2 Å². The van der Waals surface area contributed by atoms with Crippen LogP contribution >= 0.6 is 0 Å². The van der Waals surface area contributed by atoms with E-state index in [0.29, 0.717) is 10.8 Å². The van der Waals surface area contributed by atoms with Crippen molar-refractivity contribution in [3.63, 3.8) is 0 Å². The van der Waals surface area contributed by atoms with Crippen LogP contribution in [0, 0.1) is 6.92 Å². The number of carbonyl (C=O) groups is 1. The molecule has 0 saturated heterocycles. The van der Waals surface area contributed by atoms with Gasteiger partial charge in [-0.3, -0.25) is 9.59 Å². The Morgan fingerprint density at radius 2 is 1.62 bits per heavy atom. The molecule has 1 unspecified atom stereocenters. The maximum absolute atomic E-state index is 12.9. The van der Waals surface area contributed by atoms with Gasteiger partial charge in [0.25, 0.3) is 11.5 Å². The van der Waals surface area contributed by atoms with Crippen molar-refractivity contribution < 1.29 is 4.79 Å². The summed E-state index contributed by atoms with van der Waals surface area (Å²) in [6.07, 6.45) is 0. The highest BCUT2D eigenvalue weighted by Gasteiger charge is 2.19. The van der Waals surface area contributed by atoms with Crippen molar-refractivity contribution in [2.24, 2.45) is 0 Å². The fourth-order valence-electron chi connectivity index (χ4n) is 2.93. The minimum atomic E-state index is -0.288. The van der Waals surface area contributed by atoms with Crippen LogP contribution in [0.25, 0.3) is 10.8 Å². The summed E-state index contributed by atoms with van der Waals surface area (Å²) in [7, 11) is 0. The van der Waals surface area contributed by atoms with Gasteiger partial charge in [0.2, 0.25) is 0 Å². The molecule has 5 nitrogen and oxygen atoms in total. The zero-order valence-corrected chi connectivity index (χ0v) is 15.5. The van der Waals surface area contributed by atoms with Gasteiger partial charge in [-0.1, -0.05) is 48.0 Å². The summed E-state index contributed by atoms with van der Waals surface area (Å²) in [6.45, 7) is 7.71. The number of hydrogen-bond donors (Lipinski definition) is 1. The third-order valence-corrected chi connectivity index (χ3v) is 4.46. The Hall–Kier alpha value is -2.95. The van der Waals surface area contributed by atoms with E-state index in [9.17, 15) is 9.59 Å². The summed E-state index contributed by atoms with van der Waals surface area (Å²) in [5.74, 6) is -0.288. The van der Waals surface area contributed by atoms with Crippen LogP contribution in [0.5, 0.6) is 0 Å². The highest BCUT2D eigenvalue weighted by atomic mass is 16.2. The molecule has 1 atom stereocenters. The van der Waals surface area contributed by atoms with E-state index in [1.165, 1.54) is 10.2 Å². The lowest BCUT2D eigenvalue weighted by molar-refractivity contribution is 0.0934. The second kappa shape index (κ2) is 7.12. The molecule has 0 radical (unpaired) electrons. The molecule has 5 heteroatoms. The first kappa shape index (κ1) is 17.9. The van der Waals surface area contributed by atoms with Crippen LogP contribution in [-0.4, -0.2) is 15.7 Å². The molecule has 1 aromatic heterocycles. The van der Waals surface area contributed by atoms with Gasteiger partial charge in [-0.25, -0.2) is 4.68 Å². The van der Waals surface area contributed by atoms with E-state index in [1.54, 1.807) is 18.2 Å². The van der Waals surface area contributed by atoms with Crippen molar-refractivity contribution in [2.45, 2.75) is 39.8 Å². The number of nitrogens with one attached hydrogen (secondary N) is 1. The maximum Gasteiger partial charge on any atom is 0.274 e. The molecular formula is C21H23N3O2. The fourth-order valence-corrected chi connectivity index (χ4v) is 2.93. The third-order valence-electron chi connectivity index (χ3n) is 4.46. The van der Waals surface area contributed by atoms with Crippen LogP contribution in [0.1, 0.15) is 54.5 Å². The molecule has 2 aromatic carbocycles. The minimum Gasteiger partial charge on any atom is -0.344 e. The Balaban J connectivity index is 2.01. The highest BCUT2D eigenvalue weighted by Crippen LogP contribution is 2.17. The van der Waals surface area contributed by atoms with Crippen LogP contribution in [0.2, 0.25) is 0 Å². The zero-order chi connectivity index (χ0) is 18.8. The molecule has 0 aliphatic rings. The lowest BCUT2D eigenvalue weighted by Crippen LogP contribution is -2.32. The molecule has 3 rings (SSSR count). The molecule has 0 aliphatic heterocycles. The van der Waals surface area contributed by atoms with Crippen LogP contribution < -0.4 is 10.9 Å². The van der Waals surface area contributed by atoms with Gasteiger partial charge in [-0.05, 0) is 39.3 Å². The van der Waals surface area contributed by atoms with Crippen molar-refractivity contribution in [2.75, 3.05) is 0 Å². The number of amides is 1. The molecule has 0 spiro atoms. The number of fused-ring (bicyclic) bond motifs is 1. The summed E-state index contributed by atoms with van der Waals surface area (Å²) in [6, 6.07) is 14.8. The van der Waals surface area contributed by atoms with Gasteiger partial charge < -0.3 is 5.32 Å². The van der Waals surface area contributed by atoms with E-state index in [1.807, 2.05) is 58.0 Å². The molecule has 0 aliphatic carbocycles. The molecule has 0 saturated carbocycles. The summed E-state index contributed by atoms with van der Waals surface area (Å²) in [5, 5.41) is 8.42. The number of benzene rings is 2. The third kappa shape index (κ3) is 3.38. The monoisotopic (exact) mass is 349 g/mol. The summed E-state index contributed by atoms with van der Waals surface area (Å²) in [4.78, 5) is 25.5. The number of carbonyl (C=O) groups excluding carboxylic acids is 1. The normalized spacial score (nSPS) is 12.3. The summed E-state index contributed by atoms with van der Waals surface area (Å²) >= 11 is 0. The standard InChI is InChI=1S/C21H23N3O2/c1-13(2)24-21(26)18-8-6-5-7-17(18)19(23-24)20(25)22-15(4)16-11-9-14(3)10-12-16/h5-13,15H,1-4H3,(H,22,25).